The fraction of sp³-hybridized carbons (Fsp3) is 0.455. The maximum atomic E-state index is 13.0. The van der Waals surface area contributed by atoms with Crippen molar-refractivity contribution in [2.45, 2.75) is 19.4 Å². The van der Waals surface area contributed by atoms with Crippen molar-refractivity contribution in [3.63, 3.8) is 0 Å². The van der Waals surface area contributed by atoms with Gasteiger partial charge in [0, 0.05) is 5.56 Å². The fourth-order valence-electron chi connectivity index (χ4n) is 5.44. The van der Waals surface area contributed by atoms with Gasteiger partial charge < -0.3 is 4.74 Å². The van der Waals surface area contributed by atoms with Crippen LogP contribution in [0.3, 0.4) is 0 Å². The average molecular weight is 397 g/mol. The first-order valence-corrected chi connectivity index (χ1v) is 9.89. The largest absolute Gasteiger partial charge is 0.456 e. The molecule has 150 valence electrons. The van der Waals surface area contributed by atoms with E-state index in [0.717, 1.165) is 23.5 Å². The van der Waals surface area contributed by atoms with Crippen LogP contribution in [0.4, 0.5) is 4.39 Å². The van der Waals surface area contributed by atoms with Gasteiger partial charge in [-0.15, -0.1) is 0 Å². The number of benzene rings is 1. The molecule has 2 amide bonds. The molecule has 1 heterocycles. The zero-order valence-corrected chi connectivity index (χ0v) is 15.8. The van der Waals surface area contributed by atoms with Crippen molar-refractivity contribution in [2.24, 2.45) is 35.5 Å². The Morgan fingerprint density at radius 1 is 1.07 bits per heavy atom. The molecule has 4 aliphatic carbocycles. The van der Waals surface area contributed by atoms with E-state index >= 15 is 0 Å². The lowest BCUT2D eigenvalue weighted by molar-refractivity contribution is -0.157. The lowest BCUT2D eigenvalue weighted by Crippen LogP contribution is -2.45. The molecule has 29 heavy (non-hydrogen) atoms. The van der Waals surface area contributed by atoms with Gasteiger partial charge in [0.2, 0.25) is 11.8 Å². The zero-order valence-electron chi connectivity index (χ0n) is 15.8. The number of ether oxygens (including phenoxy) is 1. The van der Waals surface area contributed by atoms with E-state index in [1.165, 1.54) is 19.1 Å². The number of halogens is 1. The van der Waals surface area contributed by atoms with E-state index in [-0.39, 0.29) is 41.0 Å². The Labute approximate surface area is 166 Å². The fourth-order valence-corrected chi connectivity index (χ4v) is 5.44. The van der Waals surface area contributed by atoms with Crippen molar-refractivity contribution in [1.82, 2.24) is 4.90 Å². The van der Waals surface area contributed by atoms with E-state index in [1.807, 2.05) is 0 Å². The molecule has 2 bridgehead atoms. The van der Waals surface area contributed by atoms with E-state index in [2.05, 4.69) is 12.2 Å². The number of likely N-dealkylation sites (tertiary alicyclic amines) is 1. The number of carbonyl (C=O) groups excluding carboxylic acids is 4. The molecule has 1 aliphatic heterocycles. The predicted molar refractivity (Wildman–Crippen MR) is 97.7 cm³/mol. The van der Waals surface area contributed by atoms with Crippen LogP contribution in [-0.2, 0) is 19.1 Å². The number of imide groups is 1. The van der Waals surface area contributed by atoms with Crippen molar-refractivity contribution >= 4 is 23.6 Å². The standard InChI is InChI=1S/C22H20FNO5/c1-10(22(28)29-9-17(25)11-2-4-12(23)5-3-11)24-20(26)18-13-6-7-14(16-8-15(13)16)19(18)21(24)27/h2-7,10,13-16,18-19H,8-9H2,1H3/t10-,13+,14+,15-,16+,18-,19-/m1/s1. The van der Waals surface area contributed by atoms with Crippen LogP contribution in [0.25, 0.3) is 0 Å². The quantitative estimate of drug-likeness (QED) is 0.329. The summed E-state index contributed by atoms with van der Waals surface area (Å²) in [6, 6.07) is 3.82. The molecule has 0 aromatic heterocycles. The van der Waals surface area contributed by atoms with Crippen molar-refractivity contribution in [2.75, 3.05) is 6.61 Å². The predicted octanol–water partition coefficient (Wildman–Crippen LogP) is 1.99. The van der Waals surface area contributed by atoms with Crippen molar-refractivity contribution in [1.29, 1.82) is 0 Å². The number of ketones is 1. The highest BCUT2D eigenvalue weighted by molar-refractivity contribution is 6.09. The van der Waals surface area contributed by atoms with Gasteiger partial charge in [0.15, 0.2) is 12.4 Å². The SMILES string of the molecule is C[C@H](C(=O)OCC(=O)c1ccc(F)cc1)N1C(=O)[C@@H]2[C@H]3C=C[C@@H]([C@@H]4C[C@H]34)[C@H]2C1=O. The third kappa shape index (κ3) is 2.67. The molecule has 1 aromatic carbocycles. The molecular formula is C22H20FNO5. The number of carbonyl (C=O) groups is 4. The van der Waals surface area contributed by atoms with Gasteiger partial charge in [-0.1, -0.05) is 12.2 Å². The van der Waals surface area contributed by atoms with Crippen LogP contribution in [0.1, 0.15) is 23.7 Å². The number of hydrogen-bond acceptors (Lipinski definition) is 5. The lowest BCUT2D eigenvalue weighted by atomic mass is 9.63. The molecular weight excluding hydrogens is 377 g/mol. The summed E-state index contributed by atoms with van der Waals surface area (Å²) >= 11 is 0. The summed E-state index contributed by atoms with van der Waals surface area (Å²) in [5, 5.41) is 0. The Morgan fingerprint density at radius 2 is 1.62 bits per heavy atom. The van der Waals surface area contributed by atoms with Crippen molar-refractivity contribution < 1.29 is 28.3 Å². The van der Waals surface area contributed by atoms with Crippen LogP contribution >= 0.6 is 0 Å². The van der Waals surface area contributed by atoms with Gasteiger partial charge in [-0.05, 0) is 61.3 Å². The van der Waals surface area contributed by atoms with Crippen LogP contribution < -0.4 is 0 Å². The monoisotopic (exact) mass is 397 g/mol. The first-order valence-electron chi connectivity index (χ1n) is 9.89. The molecule has 5 aliphatic rings. The minimum atomic E-state index is -1.09. The van der Waals surface area contributed by atoms with E-state index in [0.29, 0.717) is 11.8 Å². The minimum absolute atomic E-state index is 0.0831. The van der Waals surface area contributed by atoms with E-state index in [9.17, 15) is 23.6 Å². The molecule has 2 saturated carbocycles. The normalized spacial score (nSPS) is 34.6. The smallest absolute Gasteiger partial charge is 0.329 e. The second-order valence-corrected chi connectivity index (χ2v) is 8.41. The topological polar surface area (TPSA) is 80.8 Å². The second-order valence-electron chi connectivity index (χ2n) is 8.41. The highest BCUT2D eigenvalue weighted by Gasteiger charge is 2.67. The average Bonchev–Trinajstić information content (AvgIpc) is 3.49. The summed E-state index contributed by atoms with van der Waals surface area (Å²) in [5.41, 5.74) is 0.216. The molecule has 0 unspecified atom stereocenters. The zero-order chi connectivity index (χ0) is 20.4. The maximum absolute atomic E-state index is 13.0. The molecule has 1 saturated heterocycles. The summed E-state index contributed by atoms with van der Waals surface area (Å²) in [6.07, 6.45) is 5.21. The van der Waals surface area contributed by atoms with Gasteiger partial charge in [0.1, 0.15) is 11.9 Å². The van der Waals surface area contributed by atoms with Crippen LogP contribution in [0, 0.1) is 41.3 Å². The number of rotatable bonds is 5. The van der Waals surface area contributed by atoms with Crippen LogP contribution in [0.15, 0.2) is 36.4 Å². The van der Waals surface area contributed by atoms with Crippen molar-refractivity contribution in [3.8, 4) is 0 Å². The summed E-state index contributed by atoms with van der Waals surface area (Å²) in [5.74, 6) is -1.99. The van der Waals surface area contributed by atoms with E-state index < -0.39 is 30.2 Å². The molecule has 1 aromatic rings. The third-order valence-corrected chi connectivity index (χ3v) is 6.94. The Balaban J connectivity index is 1.26. The summed E-state index contributed by atoms with van der Waals surface area (Å²) in [4.78, 5) is 51.6. The molecule has 0 N–H and O–H groups in total. The van der Waals surface area contributed by atoms with E-state index in [4.69, 9.17) is 4.74 Å². The molecule has 6 rings (SSSR count). The molecule has 3 fully saturated rings. The number of amides is 2. The Bertz CT molecular complexity index is 918. The number of allylic oxidation sites excluding steroid dienone is 2. The van der Waals surface area contributed by atoms with Crippen LogP contribution in [-0.4, -0.2) is 41.1 Å². The van der Waals surface area contributed by atoms with Gasteiger partial charge >= 0.3 is 5.97 Å². The molecule has 6 nitrogen and oxygen atoms in total. The first kappa shape index (κ1) is 18.2. The Hall–Kier alpha value is -2.83. The number of esters is 1. The number of hydrogen-bond donors (Lipinski definition) is 0. The lowest BCUT2D eigenvalue weighted by Gasteiger charge is -2.37. The van der Waals surface area contributed by atoms with Gasteiger partial charge in [-0.2, -0.15) is 0 Å². The summed E-state index contributed by atoms with van der Waals surface area (Å²) in [7, 11) is 0. The second kappa shape index (κ2) is 6.34. The molecule has 7 heteroatoms. The number of Topliss-reactive ketones (excluding diaryl/α,β-unsaturated/α-hetero) is 1. The Morgan fingerprint density at radius 3 is 2.17 bits per heavy atom. The highest BCUT2D eigenvalue weighted by Crippen LogP contribution is 2.65. The van der Waals surface area contributed by atoms with Gasteiger partial charge in [-0.3, -0.25) is 19.3 Å². The molecule has 0 spiro atoms. The van der Waals surface area contributed by atoms with E-state index in [1.54, 1.807) is 0 Å². The molecule has 0 radical (unpaired) electrons. The molecule has 7 atom stereocenters. The van der Waals surface area contributed by atoms with Crippen LogP contribution in [0.2, 0.25) is 0 Å². The highest BCUT2D eigenvalue weighted by atomic mass is 19.1. The number of nitrogens with zero attached hydrogens (tertiary/aromatic N) is 1. The van der Waals surface area contributed by atoms with Crippen molar-refractivity contribution in [3.05, 3.63) is 47.8 Å². The third-order valence-electron chi connectivity index (χ3n) is 6.94. The maximum Gasteiger partial charge on any atom is 0.329 e. The van der Waals surface area contributed by atoms with Gasteiger partial charge in [0.25, 0.3) is 0 Å². The van der Waals surface area contributed by atoms with Crippen LogP contribution in [0.5, 0.6) is 0 Å². The van der Waals surface area contributed by atoms with Gasteiger partial charge in [-0.25, -0.2) is 9.18 Å². The Kier molecular flexibility index (Phi) is 3.98. The minimum Gasteiger partial charge on any atom is -0.456 e. The van der Waals surface area contributed by atoms with Gasteiger partial charge in [0.05, 0.1) is 11.8 Å². The summed E-state index contributed by atoms with van der Waals surface area (Å²) in [6.45, 7) is 0.919. The summed E-state index contributed by atoms with van der Waals surface area (Å²) < 4.78 is 18.0. The first-order chi connectivity index (χ1) is 13.9.